The van der Waals surface area contributed by atoms with Crippen LogP contribution in [0.5, 0.6) is 5.75 Å². The minimum absolute atomic E-state index is 0.109. The van der Waals surface area contributed by atoms with E-state index >= 15 is 0 Å². The number of ether oxygens (including phenoxy) is 2. The molecule has 1 N–H and O–H groups in total. The summed E-state index contributed by atoms with van der Waals surface area (Å²) in [5.41, 5.74) is 1.36. The van der Waals surface area contributed by atoms with Gasteiger partial charge >= 0.3 is 6.09 Å². The number of nitrogens with zero attached hydrogens (tertiary/aromatic N) is 6. The summed E-state index contributed by atoms with van der Waals surface area (Å²) in [6.07, 6.45) is 3.39. The highest BCUT2D eigenvalue weighted by Crippen LogP contribution is 2.43. The van der Waals surface area contributed by atoms with Gasteiger partial charge in [-0.1, -0.05) is 0 Å². The Bertz CT molecular complexity index is 1340. The Morgan fingerprint density at radius 3 is 2.86 bits per heavy atom. The van der Waals surface area contributed by atoms with Gasteiger partial charge in [0, 0.05) is 31.3 Å². The number of imidazole rings is 1. The van der Waals surface area contributed by atoms with Crippen molar-refractivity contribution in [3.63, 3.8) is 0 Å². The molecule has 1 aliphatic carbocycles. The summed E-state index contributed by atoms with van der Waals surface area (Å²) in [6, 6.07) is 2.53. The molecule has 0 aromatic carbocycles. The summed E-state index contributed by atoms with van der Waals surface area (Å²) >= 11 is 0. The van der Waals surface area contributed by atoms with Crippen LogP contribution in [0, 0.1) is 0 Å². The molecule has 0 radical (unpaired) electrons. The van der Waals surface area contributed by atoms with Crippen LogP contribution in [0.3, 0.4) is 0 Å². The van der Waals surface area contributed by atoms with Crippen LogP contribution in [-0.2, 0) is 4.74 Å². The summed E-state index contributed by atoms with van der Waals surface area (Å²) in [6.45, 7) is 5.72. The Labute approximate surface area is 207 Å². The lowest BCUT2D eigenvalue weighted by Crippen LogP contribution is -2.52. The molecule has 3 aromatic rings. The largest absolute Gasteiger partial charge is 0.495 e. The molecule has 35 heavy (non-hydrogen) atoms. The first kappa shape index (κ1) is 19.8. The maximum Gasteiger partial charge on any atom is 0.410 e. The number of aromatic nitrogens is 5. The molecule has 2 fully saturated rings. The molecule has 2 aliphatic rings. The van der Waals surface area contributed by atoms with Gasteiger partial charge < -0.3 is 19.7 Å². The fourth-order valence-electron chi connectivity index (χ4n) is 4.10. The number of nitrogens with one attached hydrogen (secondary N) is 1. The molecule has 1 amide bonds. The Hall–Kier alpha value is -3.50. The number of hydrogen-bond acceptors (Lipinski definition) is 8. The predicted octanol–water partition coefficient (Wildman–Crippen LogP) is 3.83. The van der Waals surface area contributed by atoms with Crippen molar-refractivity contribution < 1.29 is 22.8 Å². The third-order valence-corrected chi connectivity index (χ3v) is 5.97. The molecule has 4 heterocycles. The maximum absolute atomic E-state index is 14.8. The average Bonchev–Trinajstić information content (AvgIpc) is 3.57. The van der Waals surface area contributed by atoms with Crippen LogP contribution < -0.4 is 10.1 Å². The van der Waals surface area contributed by atoms with Crippen LogP contribution in [-0.4, -0.2) is 73.5 Å². The number of carbonyl (C=O) groups is 1. The van der Waals surface area contributed by atoms with E-state index in [2.05, 4.69) is 25.4 Å². The minimum Gasteiger partial charge on any atom is -0.495 e. The van der Waals surface area contributed by atoms with E-state index in [1.807, 2.05) is 0 Å². The zero-order chi connectivity index (χ0) is 27.2. The number of rotatable bonds is 5. The number of amides is 1. The number of piperidine rings is 1. The lowest BCUT2D eigenvalue weighted by molar-refractivity contribution is 0.0150. The normalized spacial score (nSPS) is 22.3. The van der Waals surface area contributed by atoms with E-state index in [0.717, 1.165) is 12.8 Å². The monoisotopic (exact) mass is 486 g/mol. The standard InChI is InChI=1S/C24H30FN7O3/c1-24(2,3)35-23(33)31-10-8-15(25)17(13-31)29-22-26-9-7-16(28-22)18-12-27-20-11-19(34-4)21(14-5-6-14)30-32(18)20/h7,9,11-12,14-15,17H,5-6,8,10,13H2,1-4H3,(H,26,28,29)/t15-,17-/m0/s1/i4D3. The van der Waals surface area contributed by atoms with Gasteiger partial charge in [0.2, 0.25) is 5.95 Å². The maximum atomic E-state index is 14.8. The molecule has 0 spiro atoms. The Balaban J connectivity index is 1.38. The smallest absolute Gasteiger partial charge is 0.410 e. The molecular formula is C24H30FN7O3. The lowest BCUT2D eigenvalue weighted by atomic mass is 10.0. The molecule has 0 bridgehead atoms. The summed E-state index contributed by atoms with van der Waals surface area (Å²) in [4.78, 5) is 27.1. The second-order valence-electron chi connectivity index (χ2n) is 9.93. The van der Waals surface area contributed by atoms with Crippen LogP contribution in [0.4, 0.5) is 15.1 Å². The van der Waals surface area contributed by atoms with E-state index in [-0.39, 0.29) is 37.1 Å². The van der Waals surface area contributed by atoms with Crippen molar-refractivity contribution in [3.05, 3.63) is 30.2 Å². The van der Waals surface area contributed by atoms with E-state index in [9.17, 15) is 9.18 Å². The highest BCUT2D eigenvalue weighted by atomic mass is 19.1. The third kappa shape index (κ3) is 4.98. The van der Waals surface area contributed by atoms with Gasteiger partial charge in [0.1, 0.15) is 28.9 Å². The number of likely N-dealkylation sites (tertiary alicyclic amines) is 1. The summed E-state index contributed by atoms with van der Waals surface area (Å²) in [7, 11) is -2.60. The van der Waals surface area contributed by atoms with Crippen molar-refractivity contribution in [1.82, 2.24) is 29.5 Å². The highest BCUT2D eigenvalue weighted by molar-refractivity contribution is 5.68. The number of alkyl halides is 1. The number of carbonyl (C=O) groups excluding carboxylic acids is 1. The van der Waals surface area contributed by atoms with Gasteiger partial charge in [-0.15, -0.1) is 0 Å². The van der Waals surface area contributed by atoms with E-state index < -0.39 is 30.9 Å². The molecule has 10 nitrogen and oxygen atoms in total. The quantitative estimate of drug-likeness (QED) is 0.580. The minimum atomic E-state index is -2.60. The molecule has 11 heteroatoms. The SMILES string of the molecule is [2H]C([2H])([2H])Oc1cc2ncc(-c3ccnc(N[C@H]4CN(C(=O)OC(C)(C)C)CC[C@@H]4F)n3)n2nc1C1CC1. The Morgan fingerprint density at radius 1 is 1.29 bits per heavy atom. The predicted molar refractivity (Wildman–Crippen MR) is 127 cm³/mol. The van der Waals surface area contributed by atoms with Crippen LogP contribution in [0.2, 0.25) is 0 Å². The van der Waals surface area contributed by atoms with Crippen molar-refractivity contribution in [2.75, 3.05) is 25.4 Å². The zero-order valence-corrected chi connectivity index (χ0v) is 19.9. The fraction of sp³-hybridized carbons (Fsp3) is 0.542. The summed E-state index contributed by atoms with van der Waals surface area (Å²) in [5.74, 6) is 0.513. The fourth-order valence-corrected chi connectivity index (χ4v) is 4.10. The van der Waals surface area contributed by atoms with E-state index in [1.54, 1.807) is 49.8 Å². The molecule has 3 aromatic heterocycles. The summed E-state index contributed by atoms with van der Waals surface area (Å²) in [5, 5.41) is 7.68. The zero-order valence-electron chi connectivity index (χ0n) is 22.9. The van der Waals surface area contributed by atoms with Crippen molar-refractivity contribution >= 4 is 17.7 Å². The van der Waals surface area contributed by atoms with Crippen LogP contribution in [0.15, 0.2) is 24.5 Å². The topological polar surface area (TPSA) is 107 Å². The Kier molecular flexibility index (Phi) is 5.05. The van der Waals surface area contributed by atoms with Crippen molar-refractivity contribution in [3.8, 4) is 17.1 Å². The van der Waals surface area contributed by atoms with Gasteiger partial charge in [0.25, 0.3) is 0 Å². The van der Waals surface area contributed by atoms with E-state index in [0.29, 0.717) is 22.7 Å². The first-order chi connectivity index (χ1) is 17.9. The van der Waals surface area contributed by atoms with Gasteiger partial charge in [-0.3, -0.25) is 0 Å². The van der Waals surface area contributed by atoms with Gasteiger partial charge in [0.15, 0.2) is 5.65 Å². The van der Waals surface area contributed by atoms with Crippen LogP contribution in [0.1, 0.15) is 55.8 Å². The number of anilines is 1. The molecular weight excluding hydrogens is 453 g/mol. The van der Waals surface area contributed by atoms with E-state index in [4.69, 9.17) is 13.6 Å². The van der Waals surface area contributed by atoms with Crippen LogP contribution in [0.25, 0.3) is 17.0 Å². The molecule has 1 aliphatic heterocycles. The van der Waals surface area contributed by atoms with Gasteiger partial charge in [-0.2, -0.15) is 5.10 Å². The third-order valence-electron chi connectivity index (χ3n) is 5.97. The highest BCUT2D eigenvalue weighted by Gasteiger charge is 2.34. The number of halogens is 1. The van der Waals surface area contributed by atoms with Crippen molar-refractivity contribution in [2.45, 2.75) is 63.8 Å². The van der Waals surface area contributed by atoms with Crippen molar-refractivity contribution in [2.24, 2.45) is 0 Å². The lowest BCUT2D eigenvalue weighted by Gasteiger charge is -2.36. The second-order valence-corrected chi connectivity index (χ2v) is 9.93. The molecule has 1 saturated carbocycles. The van der Waals surface area contributed by atoms with E-state index in [1.165, 1.54) is 4.90 Å². The number of hydrogen-bond donors (Lipinski definition) is 1. The van der Waals surface area contributed by atoms with Gasteiger partial charge in [-0.25, -0.2) is 28.7 Å². The first-order valence-corrected chi connectivity index (χ1v) is 11.7. The summed E-state index contributed by atoms with van der Waals surface area (Å²) < 4.78 is 49.4. The average molecular weight is 487 g/mol. The molecule has 2 atom stereocenters. The van der Waals surface area contributed by atoms with Crippen molar-refractivity contribution in [1.29, 1.82) is 0 Å². The first-order valence-electron chi connectivity index (χ1n) is 13.2. The van der Waals surface area contributed by atoms with Crippen LogP contribution >= 0.6 is 0 Å². The Morgan fingerprint density at radius 2 is 2.11 bits per heavy atom. The number of fused-ring (bicyclic) bond motifs is 1. The molecule has 0 unspecified atom stereocenters. The molecule has 5 rings (SSSR count). The second kappa shape index (κ2) is 8.94. The molecule has 1 saturated heterocycles. The number of methoxy groups -OCH3 is 1. The molecule has 186 valence electrons. The van der Waals surface area contributed by atoms with Gasteiger partial charge in [0.05, 0.1) is 29.1 Å². The van der Waals surface area contributed by atoms with Gasteiger partial charge in [-0.05, 0) is 46.1 Å².